The smallest absolute Gasteiger partial charge is 0.0377 e. The van der Waals surface area contributed by atoms with Crippen molar-refractivity contribution >= 4 is 5.69 Å². The van der Waals surface area contributed by atoms with Gasteiger partial charge in [0.25, 0.3) is 0 Å². The molecule has 0 spiro atoms. The standard InChI is InChI=1S/C15H23N3/c1-17-8-10-18(11-9-17)15(12-2-3-12)13-4-6-14(16)7-5-13/h4-7,12,15H,2-3,8-11,16H2,1H3. The average Bonchev–Trinajstić information content (AvgIpc) is 3.19. The van der Waals surface area contributed by atoms with E-state index in [9.17, 15) is 0 Å². The molecule has 1 aromatic rings. The van der Waals surface area contributed by atoms with Gasteiger partial charge in [-0.3, -0.25) is 4.90 Å². The van der Waals surface area contributed by atoms with Gasteiger partial charge in [0.05, 0.1) is 0 Å². The lowest BCUT2D eigenvalue weighted by atomic mass is 9.99. The molecule has 98 valence electrons. The van der Waals surface area contributed by atoms with Crippen LogP contribution in [0.3, 0.4) is 0 Å². The first-order valence-electron chi connectivity index (χ1n) is 7.02. The first-order valence-corrected chi connectivity index (χ1v) is 7.02. The second-order valence-electron chi connectivity index (χ2n) is 5.79. The van der Waals surface area contributed by atoms with Crippen molar-refractivity contribution in [3.05, 3.63) is 29.8 Å². The van der Waals surface area contributed by atoms with E-state index < -0.39 is 0 Å². The highest BCUT2D eigenvalue weighted by molar-refractivity contribution is 5.40. The van der Waals surface area contributed by atoms with Crippen molar-refractivity contribution in [2.75, 3.05) is 39.0 Å². The number of likely N-dealkylation sites (N-methyl/N-ethyl adjacent to an activating group) is 1. The van der Waals surface area contributed by atoms with Crippen molar-refractivity contribution in [1.82, 2.24) is 9.80 Å². The van der Waals surface area contributed by atoms with E-state index in [0.717, 1.165) is 11.6 Å². The number of hydrogen-bond donors (Lipinski definition) is 1. The van der Waals surface area contributed by atoms with E-state index in [4.69, 9.17) is 5.73 Å². The molecule has 0 bridgehead atoms. The minimum Gasteiger partial charge on any atom is -0.399 e. The average molecular weight is 245 g/mol. The van der Waals surface area contributed by atoms with Gasteiger partial charge in [-0.25, -0.2) is 0 Å². The van der Waals surface area contributed by atoms with E-state index in [2.05, 4.69) is 29.0 Å². The summed E-state index contributed by atoms with van der Waals surface area (Å²) in [5.74, 6) is 0.872. The zero-order valence-corrected chi connectivity index (χ0v) is 11.2. The highest BCUT2D eigenvalue weighted by Gasteiger charge is 2.36. The molecule has 2 aliphatic rings. The monoisotopic (exact) mass is 245 g/mol. The molecule has 18 heavy (non-hydrogen) atoms. The van der Waals surface area contributed by atoms with Crippen LogP contribution in [0.2, 0.25) is 0 Å². The first-order chi connectivity index (χ1) is 8.74. The molecule has 3 rings (SSSR count). The van der Waals surface area contributed by atoms with E-state index in [0.29, 0.717) is 6.04 Å². The second-order valence-corrected chi connectivity index (χ2v) is 5.79. The minimum absolute atomic E-state index is 0.624. The van der Waals surface area contributed by atoms with Crippen LogP contribution in [0.25, 0.3) is 0 Å². The molecule has 1 aliphatic heterocycles. The summed E-state index contributed by atoms with van der Waals surface area (Å²) in [6.07, 6.45) is 2.78. The molecule has 1 aliphatic carbocycles. The normalized spacial score (nSPS) is 24.1. The highest BCUT2D eigenvalue weighted by Crippen LogP contribution is 2.44. The third-order valence-electron chi connectivity index (χ3n) is 4.28. The van der Waals surface area contributed by atoms with Gasteiger partial charge in [0.1, 0.15) is 0 Å². The molecule has 3 heteroatoms. The summed E-state index contributed by atoms with van der Waals surface area (Å²) in [6.45, 7) is 4.78. The van der Waals surface area contributed by atoms with Crippen molar-refractivity contribution in [2.24, 2.45) is 5.92 Å². The lowest BCUT2D eigenvalue weighted by molar-refractivity contribution is 0.100. The topological polar surface area (TPSA) is 32.5 Å². The quantitative estimate of drug-likeness (QED) is 0.826. The lowest BCUT2D eigenvalue weighted by Crippen LogP contribution is -2.46. The Morgan fingerprint density at radius 2 is 1.67 bits per heavy atom. The molecular formula is C15H23N3. The Morgan fingerprint density at radius 1 is 1.06 bits per heavy atom. The predicted molar refractivity (Wildman–Crippen MR) is 75.4 cm³/mol. The van der Waals surface area contributed by atoms with Gasteiger partial charge in [0, 0.05) is 37.9 Å². The molecule has 0 amide bonds. The maximum atomic E-state index is 5.79. The predicted octanol–water partition coefficient (Wildman–Crippen LogP) is 1.97. The Balaban J connectivity index is 1.77. The fraction of sp³-hybridized carbons (Fsp3) is 0.600. The van der Waals surface area contributed by atoms with Crippen molar-refractivity contribution < 1.29 is 0 Å². The summed E-state index contributed by atoms with van der Waals surface area (Å²) in [7, 11) is 2.21. The number of hydrogen-bond acceptors (Lipinski definition) is 3. The number of benzene rings is 1. The van der Waals surface area contributed by atoms with E-state index >= 15 is 0 Å². The summed E-state index contributed by atoms with van der Waals surface area (Å²) in [6, 6.07) is 9.15. The molecular weight excluding hydrogens is 222 g/mol. The summed E-state index contributed by atoms with van der Waals surface area (Å²) in [5.41, 5.74) is 8.12. The molecule has 3 nitrogen and oxygen atoms in total. The van der Waals surface area contributed by atoms with Gasteiger partial charge in [-0.05, 0) is 43.5 Å². The lowest BCUT2D eigenvalue weighted by Gasteiger charge is -2.38. The van der Waals surface area contributed by atoms with Crippen LogP contribution in [0.5, 0.6) is 0 Å². The van der Waals surface area contributed by atoms with E-state index in [1.165, 1.54) is 44.6 Å². The van der Waals surface area contributed by atoms with Gasteiger partial charge in [-0.1, -0.05) is 12.1 Å². The number of anilines is 1. The highest BCUT2D eigenvalue weighted by atomic mass is 15.3. The summed E-state index contributed by atoms with van der Waals surface area (Å²) >= 11 is 0. The summed E-state index contributed by atoms with van der Waals surface area (Å²) in [4.78, 5) is 5.09. The van der Waals surface area contributed by atoms with Gasteiger partial charge in [0.2, 0.25) is 0 Å². The van der Waals surface area contributed by atoms with Crippen LogP contribution in [-0.4, -0.2) is 43.0 Å². The van der Waals surface area contributed by atoms with Gasteiger partial charge in [0.15, 0.2) is 0 Å². The molecule has 1 saturated carbocycles. The molecule has 0 radical (unpaired) electrons. The Kier molecular flexibility index (Phi) is 3.27. The Hall–Kier alpha value is -1.06. The van der Waals surface area contributed by atoms with Crippen LogP contribution >= 0.6 is 0 Å². The third-order valence-corrected chi connectivity index (χ3v) is 4.28. The Bertz CT molecular complexity index is 389. The summed E-state index contributed by atoms with van der Waals surface area (Å²) < 4.78 is 0. The van der Waals surface area contributed by atoms with Gasteiger partial charge in [-0.2, -0.15) is 0 Å². The van der Waals surface area contributed by atoms with Crippen LogP contribution in [0.1, 0.15) is 24.4 Å². The van der Waals surface area contributed by atoms with Crippen molar-refractivity contribution in [3.8, 4) is 0 Å². The molecule has 2 N–H and O–H groups in total. The van der Waals surface area contributed by atoms with Crippen LogP contribution in [0.15, 0.2) is 24.3 Å². The zero-order chi connectivity index (χ0) is 12.5. The number of rotatable bonds is 3. The Morgan fingerprint density at radius 3 is 2.22 bits per heavy atom. The van der Waals surface area contributed by atoms with Crippen LogP contribution in [0.4, 0.5) is 5.69 Å². The van der Waals surface area contributed by atoms with E-state index in [1.54, 1.807) is 0 Å². The zero-order valence-electron chi connectivity index (χ0n) is 11.2. The van der Waals surface area contributed by atoms with Gasteiger partial charge in [-0.15, -0.1) is 0 Å². The molecule has 1 atom stereocenters. The molecule has 1 unspecified atom stereocenters. The van der Waals surface area contributed by atoms with Crippen molar-refractivity contribution in [3.63, 3.8) is 0 Å². The van der Waals surface area contributed by atoms with Gasteiger partial charge < -0.3 is 10.6 Å². The molecule has 1 aromatic carbocycles. The first kappa shape index (κ1) is 12.0. The minimum atomic E-state index is 0.624. The number of nitrogens with zero attached hydrogens (tertiary/aromatic N) is 2. The maximum absolute atomic E-state index is 5.79. The molecule has 0 aromatic heterocycles. The largest absolute Gasteiger partial charge is 0.399 e. The Labute approximate surface area is 110 Å². The third kappa shape index (κ3) is 2.52. The van der Waals surface area contributed by atoms with Crippen LogP contribution in [-0.2, 0) is 0 Å². The number of nitrogens with two attached hydrogens (primary N) is 1. The van der Waals surface area contributed by atoms with Crippen molar-refractivity contribution in [1.29, 1.82) is 0 Å². The van der Waals surface area contributed by atoms with Gasteiger partial charge >= 0.3 is 0 Å². The second kappa shape index (κ2) is 4.90. The SMILES string of the molecule is CN1CCN(C(c2ccc(N)cc2)C2CC2)CC1. The molecule has 1 heterocycles. The molecule has 2 fully saturated rings. The van der Waals surface area contributed by atoms with Crippen molar-refractivity contribution in [2.45, 2.75) is 18.9 Å². The maximum Gasteiger partial charge on any atom is 0.0377 e. The number of piperazine rings is 1. The summed E-state index contributed by atoms with van der Waals surface area (Å²) in [5, 5.41) is 0. The van der Waals surface area contributed by atoms with E-state index in [-0.39, 0.29) is 0 Å². The van der Waals surface area contributed by atoms with E-state index in [1.807, 2.05) is 12.1 Å². The fourth-order valence-electron chi connectivity index (χ4n) is 2.99. The van der Waals surface area contributed by atoms with Crippen LogP contribution < -0.4 is 5.73 Å². The number of nitrogen functional groups attached to an aromatic ring is 1. The van der Waals surface area contributed by atoms with Crippen LogP contribution in [0, 0.1) is 5.92 Å². The fourth-order valence-corrected chi connectivity index (χ4v) is 2.99. The molecule has 1 saturated heterocycles.